The summed E-state index contributed by atoms with van der Waals surface area (Å²) < 4.78 is 6.47. The van der Waals surface area contributed by atoms with Gasteiger partial charge in [0.1, 0.15) is 0 Å². The number of nitrogens with one attached hydrogen (secondary N) is 1. The number of unbranched alkanes of at least 4 members (excludes halogenated alkanes) is 2. The summed E-state index contributed by atoms with van der Waals surface area (Å²) in [4.78, 5) is 13.3. The highest BCUT2D eigenvalue weighted by molar-refractivity contribution is 6.74. The van der Waals surface area contributed by atoms with Crippen molar-refractivity contribution in [3.05, 3.63) is 65.2 Å². The molecule has 4 heteroatoms. The van der Waals surface area contributed by atoms with Crippen LogP contribution in [0.5, 0.6) is 0 Å². The molecular formula is C31H49NO2Si. The zero-order chi connectivity index (χ0) is 26.3. The van der Waals surface area contributed by atoms with Crippen molar-refractivity contribution in [1.82, 2.24) is 0 Å². The van der Waals surface area contributed by atoms with Gasteiger partial charge in [-0.2, -0.15) is 0 Å². The Morgan fingerprint density at radius 1 is 0.971 bits per heavy atom. The second-order valence-electron chi connectivity index (χ2n) is 12.5. The number of hydrogen-bond acceptors (Lipinski definition) is 2. The molecule has 0 aliphatic rings. The normalized spacial score (nSPS) is 13.5. The Morgan fingerprint density at radius 3 is 2.20 bits per heavy atom. The van der Waals surface area contributed by atoms with Gasteiger partial charge in [0.25, 0.3) is 0 Å². The predicted molar refractivity (Wildman–Crippen MR) is 154 cm³/mol. The molecule has 0 aliphatic carbocycles. The van der Waals surface area contributed by atoms with Gasteiger partial charge in [-0.3, -0.25) is 4.79 Å². The number of rotatable bonds is 11. The van der Waals surface area contributed by atoms with Crippen LogP contribution in [0.2, 0.25) is 18.1 Å². The van der Waals surface area contributed by atoms with Crippen LogP contribution in [-0.4, -0.2) is 14.2 Å². The second kappa shape index (κ2) is 12.4. The monoisotopic (exact) mass is 495 g/mol. The van der Waals surface area contributed by atoms with E-state index in [1.165, 1.54) is 18.4 Å². The van der Waals surface area contributed by atoms with Crippen LogP contribution in [0.3, 0.4) is 0 Å². The van der Waals surface area contributed by atoms with E-state index < -0.39 is 8.32 Å². The van der Waals surface area contributed by atoms with E-state index in [1.54, 1.807) is 0 Å². The topological polar surface area (TPSA) is 38.3 Å². The number of hydrogen-bond donors (Lipinski definition) is 1. The first-order valence-corrected chi connectivity index (χ1v) is 16.3. The Balaban J connectivity index is 2.23. The van der Waals surface area contributed by atoms with Crippen molar-refractivity contribution >= 4 is 19.9 Å². The van der Waals surface area contributed by atoms with E-state index in [4.69, 9.17) is 4.43 Å². The van der Waals surface area contributed by atoms with Crippen molar-refractivity contribution in [2.75, 3.05) is 5.32 Å². The maximum absolute atomic E-state index is 13.3. The third-order valence-electron chi connectivity index (χ3n) is 7.43. The largest absolute Gasteiger partial charge is 0.413 e. The molecule has 0 radical (unpaired) electrons. The summed E-state index contributed by atoms with van der Waals surface area (Å²) in [6, 6.07) is 16.9. The standard InChI is InChI=1S/C31H49NO2Si/c1-10-11-13-18-26(25-16-14-12-15-17-25)22-29(33)32-28-21-24(19-20-27(28)30(2,3)4)23-34-35(8,9)31(5,6)7/h12,14-17,19-21,26H,10-11,13,18,22-23H2,1-9H3,(H,32,33). The summed E-state index contributed by atoms with van der Waals surface area (Å²) in [5, 5.41) is 3.46. The fourth-order valence-electron chi connectivity index (χ4n) is 4.10. The first-order chi connectivity index (χ1) is 16.2. The molecule has 1 N–H and O–H groups in total. The molecule has 2 aromatic carbocycles. The van der Waals surface area contributed by atoms with E-state index in [9.17, 15) is 4.79 Å². The first kappa shape index (κ1) is 29.3. The molecule has 0 fully saturated rings. The maximum Gasteiger partial charge on any atom is 0.224 e. The molecule has 0 bridgehead atoms. The number of carbonyl (C=O) groups excluding carboxylic acids is 1. The molecule has 0 saturated heterocycles. The molecule has 1 amide bonds. The maximum atomic E-state index is 13.3. The van der Waals surface area contributed by atoms with Crippen molar-refractivity contribution in [3.8, 4) is 0 Å². The van der Waals surface area contributed by atoms with Gasteiger partial charge in [0.2, 0.25) is 5.91 Å². The molecule has 2 rings (SSSR count). The fourth-order valence-corrected chi connectivity index (χ4v) is 5.06. The molecule has 1 atom stereocenters. The Bertz CT molecular complexity index is 939. The summed E-state index contributed by atoms with van der Waals surface area (Å²) in [7, 11) is -1.85. The zero-order valence-electron chi connectivity index (χ0n) is 23.8. The van der Waals surface area contributed by atoms with Crippen molar-refractivity contribution in [2.24, 2.45) is 0 Å². The van der Waals surface area contributed by atoms with Crippen molar-refractivity contribution < 1.29 is 9.22 Å². The lowest BCUT2D eigenvalue weighted by atomic mass is 9.85. The summed E-state index contributed by atoms with van der Waals surface area (Å²) in [6.45, 7) is 20.7. The summed E-state index contributed by atoms with van der Waals surface area (Å²) >= 11 is 0. The van der Waals surface area contributed by atoms with Gasteiger partial charge in [-0.15, -0.1) is 0 Å². The minimum absolute atomic E-state index is 0.0681. The average molecular weight is 496 g/mol. The van der Waals surface area contributed by atoms with Gasteiger partial charge >= 0.3 is 0 Å². The molecule has 0 aliphatic heterocycles. The van der Waals surface area contributed by atoms with Crippen LogP contribution in [-0.2, 0) is 21.2 Å². The highest BCUT2D eigenvalue weighted by Crippen LogP contribution is 2.38. The molecule has 0 spiro atoms. The van der Waals surface area contributed by atoms with E-state index in [0.717, 1.165) is 29.7 Å². The van der Waals surface area contributed by atoms with E-state index in [-0.39, 0.29) is 22.3 Å². The van der Waals surface area contributed by atoms with Gasteiger partial charge in [-0.1, -0.05) is 110 Å². The molecule has 0 saturated carbocycles. The lowest BCUT2D eigenvalue weighted by Gasteiger charge is -2.36. The van der Waals surface area contributed by atoms with E-state index in [1.807, 2.05) is 6.07 Å². The Morgan fingerprint density at radius 2 is 1.63 bits per heavy atom. The third kappa shape index (κ3) is 8.91. The van der Waals surface area contributed by atoms with Gasteiger partial charge in [0.05, 0.1) is 6.61 Å². The number of anilines is 1. The molecule has 194 valence electrons. The Hall–Kier alpha value is -1.91. The van der Waals surface area contributed by atoms with Gasteiger partial charge in [-0.25, -0.2) is 0 Å². The highest BCUT2D eigenvalue weighted by Gasteiger charge is 2.37. The van der Waals surface area contributed by atoms with E-state index >= 15 is 0 Å². The van der Waals surface area contributed by atoms with Crippen LogP contribution < -0.4 is 5.32 Å². The van der Waals surface area contributed by atoms with Crippen molar-refractivity contribution in [3.63, 3.8) is 0 Å². The second-order valence-corrected chi connectivity index (χ2v) is 17.3. The van der Waals surface area contributed by atoms with Crippen LogP contribution in [0.25, 0.3) is 0 Å². The minimum Gasteiger partial charge on any atom is -0.413 e. The Kier molecular flexibility index (Phi) is 10.4. The van der Waals surface area contributed by atoms with Crippen LogP contribution in [0.15, 0.2) is 48.5 Å². The van der Waals surface area contributed by atoms with Gasteiger partial charge < -0.3 is 9.74 Å². The molecular weight excluding hydrogens is 446 g/mol. The average Bonchev–Trinajstić information content (AvgIpc) is 2.76. The van der Waals surface area contributed by atoms with Crippen LogP contribution >= 0.6 is 0 Å². The third-order valence-corrected chi connectivity index (χ3v) is 11.9. The van der Waals surface area contributed by atoms with Crippen LogP contribution in [0.4, 0.5) is 5.69 Å². The summed E-state index contributed by atoms with van der Waals surface area (Å²) in [5.41, 5.74) is 4.37. The molecule has 35 heavy (non-hydrogen) atoms. The lowest BCUT2D eigenvalue weighted by Crippen LogP contribution is -2.40. The lowest BCUT2D eigenvalue weighted by molar-refractivity contribution is -0.116. The quantitative estimate of drug-likeness (QED) is 0.249. The number of carbonyl (C=O) groups is 1. The fraction of sp³-hybridized carbons (Fsp3) is 0.581. The highest BCUT2D eigenvalue weighted by atomic mass is 28.4. The smallest absolute Gasteiger partial charge is 0.224 e. The van der Waals surface area contributed by atoms with E-state index in [2.05, 4.69) is 109 Å². The Labute approximate surface area is 216 Å². The molecule has 1 unspecified atom stereocenters. The molecule has 0 aromatic heterocycles. The minimum atomic E-state index is -1.85. The summed E-state index contributed by atoms with van der Waals surface area (Å²) in [5.74, 6) is 0.328. The molecule has 3 nitrogen and oxygen atoms in total. The first-order valence-electron chi connectivity index (χ1n) is 13.4. The number of benzene rings is 2. The van der Waals surface area contributed by atoms with Crippen LogP contribution in [0, 0.1) is 0 Å². The zero-order valence-corrected chi connectivity index (χ0v) is 24.8. The van der Waals surface area contributed by atoms with Crippen LogP contribution in [0.1, 0.15) is 103 Å². The number of amides is 1. The molecule has 0 heterocycles. The molecule has 2 aromatic rings. The van der Waals surface area contributed by atoms with E-state index in [0.29, 0.717) is 13.0 Å². The SMILES string of the molecule is CCCCCC(CC(=O)Nc1cc(CO[Si](C)(C)C(C)(C)C)ccc1C(C)(C)C)c1ccccc1. The summed E-state index contributed by atoms with van der Waals surface area (Å²) in [6.07, 6.45) is 5.08. The van der Waals surface area contributed by atoms with Crippen molar-refractivity contribution in [1.29, 1.82) is 0 Å². The van der Waals surface area contributed by atoms with Gasteiger partial charge in [0, 0.05) is 12.1 Å². The van der Waals surface area contributed by atoms with Crippen molar-refractivity contribution in [2.45, 2.75) is 117 Å². The van der Waals surface area contributed by atoms with Gasteiger partial charge in [0.15, 0.2) is 8.32 Å². The van der Waals surface area contributed by atoms with Gasteiger partial charge in [-0.05, 0) is 58.6 Å². The predicted octanol–water partition coefficient (Wildman–Crippen LogP) is 9.20.